The van der Waals surface area contributed by atoms with E-state index in [1.807, 2.05) is 47.4 Å². The summed E-state index contributed by atoms with van der Waals surface area (Å²) in [6.07, 6.45) is -0.573. The van der Waals surface area contributed by atoms with Gasteiger partial charge in [-0.2, -0.15) is 0 Å². The van der Waals surface area contributed by atoms with Crippen LogP contribution in [0.1, 0.15) is 5.82 Å². The topological polar surface area (TPSA) is 59.8 Å². The quantitative estimate of drug-likeness (QED) is 0.683. The smallest absolute Gasteiger partial charge is 0.267 e. The van der Waals surface area contributed by atoms with E-state index in [1.54, 1.807) is 0 Å². The molecule has 0 bridgehead atoms. The first-order valence-corrected chi connectivity index (χ1v) is 9.99. The Morgan fingerprint density at radius 3 is 2.55 bits per heavy atom. The molecule has 2 aliphatic heterocycles. The van der Waals surface area contributed by atoms with Gasteiger partial charge in [0.1, 0.15) is 12.4 Å². The van der Waals surface area contributed by atoms with Crippen molar-refractivity contribution in [2.75, 3.05) is 32.8 Å². The zero-order valence-electron chi connectivity index (χ0n) is 16.5. The zero-order chi connectivity index (χ0) is 19.8. The number of aryl methyl sites for hydroxylation is 1. The van der Waals surface area contributed by atoms with Crippen molar-refractivity contribution in [2.24, 2.45) is 7.05 Å². The summed E-state index contributed by atoms with van der Waals surface area (Å²) in [7, 11) is 2.06. The first-order valence-electron chi connectivity index (χ1n) is 9.99. The number of aromatic nitrogens is 2. The summed E-state index contributed by atoms with van der Waals surface area (Å²) >= 11 is 0. The van der Waals surface area contributed by atoms with Crippen LogP contribution in [0.3, 0.4) is 0 Å². The summed E-state index contributed by atoms with van der Waals surface area (Å²) in [4.78, 5) is 21.9. The van der Waals surface area contributed by atoms with Gasteiger partial charge >= 0.3 is 0 Å². The molecule has 150 valence electrons. The SMILES string of the molecule is Cn1c(CN2CCN(C(=O)[C@@H]3COc4ccccc4O3)CC2)nc2ccccc21. The third-order valence-electron chi connectivity index (χ3n) is 5.71. The molecule has 29 heavy (non-hydrogen) atoms. The van der Waals surface area contributed by atoms with Crippen molar-refractivity contribution in [1.29, 1.82) is 0 Å². The molecule has 0 N–H and O–H groups in total. The monoisotopic (exact) mass is 392 g/mol. The number of piperazine rings is 1. The predicted octanol–water partition coefficient (Wildman–Crippen LogP) is 2.06. The lowest BCUT2D eigenvalue weighted by molar-refractivity contribution is -0.143. The highest BCUT2D eigenvalue weighted by Crippen LogP contribution is 2.31. The fourth-order valence-electron chi connectivity index (χ4n) is 4.01. The second-order valence-electron chi connectivity index (χ2n) is 7.54. The lowest BCUT2D eigenvalue weighted by Crippen LogP contribution is -2.53. The molecule has 2 aliphatic rings. The summed E-state index contributed by atoms with van der Waals surface area (Å²) in [5.41, 5.74) is 2.17. The summed E-state index contributed by atoms with van der Waals surface area (Å²) in [5, 5.41) is 0. The number of nitrogens with zero attached hydrogens (tertiary/aromatic N) is 4. The van der Waals surface area contributed by atoms with Gasteiger partial charge in [0.2, 0.25) is 6.10 Å². The van der Waals surface area contributed by atoms with Crippen LogP contribution in [0.2, 0.25) is 0 Å². The van der Waals surface area contributed by atoms with Crippen molar-refractivity contribution in [3.05, 3.63) is 54.4 Å². The van der Waals surface area contributed by atoms with Crippen molar-refractivity contribution < 1.29 is 14.3 Å². The van der Waals surface area contributed by atoms with Gasteiger partial charge in [-0.15, -0.1) is 0 Å². The Morgan fingerprint density at radius 1 is 1.03 bits per heavy atom. The Labute approximate surface area is 169 Å². The van der Waals surface area contributed by atoms with Crippen LogP contribution in [0, 0.1) is 0 Å². The minimum Gasteiger partial charge on any atom is -0.485 e. The van der Waals surface area contributed by atoms with Gasteiger partial charge in [-0.3, -0.25) is 9.69 Å². The van der Waals surface area contributed by atoms with Gasteiger partial charge in [0, 0.05) is 33.2 Å². The van der Waals surface area contributed by atoms with Crippen molar-refractivity contribution in [1.82, 2.24) is 19.4 Å². The molecule has 5 rings (SSSR count). The number of hydrogen-bond acceptors (Lipinski definition) is 5. The number of para-hydroxylation sites is 4. The van der Waals surface area contributed by atoms with Gasteiger partial charge in [0.25, 0.3) is 5.91 Å². The van der Waals surface area contributed by atoms with E-state index in [0.717, 1.165) is 36.5 Å². The fourth-order valence-corrected chi connectivity index (χ4v) is 4.01. The summed E-state index contributed by atoms with van der Waals surface area (Å²) in [6, 6.07) is 15.7. The molecule has 1 fully saturated rings. The van der Waals surface area contributed by atoms with Crippen LogP contribution in [0.5, 0.6) is 11.5 Å². The van der Waals surface area contributed by atoms with Crippen LogP contribution >= 0.6 is 0 Å². The van der Waals surface area contributed by atoms with Crippen LogP contribution in [-0.4, -0.2) is 64.1 Å². The number of carbonyl (C=O) groups excluding carboxylic acids is 1. The lowest BCUT2D eigenvalue weighted by atomic mass is 10.2. The summed E-state index contributed by atoms with van der Waals surface area (Å²) in [5.74, 6) is 2.38. The number of hydrogen-bond donors (Lipinski definition) is 0. The molecule has 3 heterocycles. The van der Waals surface area contributed by atoms with Crippen LogP contribution in [0.4, 0.5) is 0 Å². The fraction of sp³-hybridized carbons (Fsp3) is 0.364. The molecule has 0 aliphatic carbocycles. The molecule has 0 radical (unpaired) electrons. The lowest BCUT2D eigenvalue weighted by Gasteiger charge is -2.37. The van der Waals surface area contributed by atoms with Gasteiger partial charge in [0.15, 0.2) is 11.5 Å². The minimum atomic E-state index is -0.573. The van der Waals surface area contributed by atoms with E-state index in [-0.39, 0.29) is 12.5 Å². The summed E-state index contributed by atoms with van der Waals surface area (Å²) in [6.45, 7) is 4.05. The number of rotatable bonds is 3. The maximum atomic E-state index is 12.9. The molecule has 1 atom stereocenters. The molecular formula is C22H24N4O3. The van der Waals surface area contributed by atoms with E-state index in [4.69, 9.17) is 14.5 Å². The molecule has 0 unspecified atom stereocenters. The maximum absolute atomic E-state index is 12.9. The van der Waals surface area contributed by atoms with Gasteiger partial charge in [-0.05, 0) is 24.3 Å². The van der Waals surface area contributed by atoms with Gasteiger partial charge in [-0.25, -0.2) is 4.98 Å². The van der Waals surface area contributed by atoms with E-state index in [0.29, 0.717) is 24.6 Å². The number of benzene rings is 2. The van der Waals surface area contributed by atoms with Crippen molar-refractivity contribution in [3.8, 4) is 11.5 Å². The molecule has 3 aromatic rings. The van der Waals surface area contributed by atoms with E-state index in [1.165, 1.54) is 0 Å². The van der Waals surface area contributed by atoms with E-state index < -0.39 is 6.10 Å². The molecular weight excluding hydrogens is 368 g/mol. The third-order valence-corrected chi connectivity index (χ3v) is 5.71. The highest BCUT2D eigenvalue weighted by atomic mass is 16.6. The molecule has 7 heteroatoms. The first-order chi connectivity index (χ1) is 14.2. The molecule has 1 aromatic heterocycles. The van der Waals surface area contributed by atoms with Crippen LogP contribution in [-0.2, 0) is 18.4 Å². The number of imidazole rings is 1. The zero-order valence-corrected chi connectivity index (χ0v) is 16.5. The molecule has 0 spiro atoms. The number of ether oxygens (including phenoxy) is 2. The van der Waals surface area contributed by atoms with Gasteiger partial charge in [-0.1, -0.05) is 24.3 Å². The maximum Gasteiger partial charge on any atom is 0.267 e. The van der Waals surface area contributed by atoms with E-state index in [9.17, 15) is 4.79 Å². The summed E-state index contributed by atoms with van der Waals surface area (Å²) < 4.78 is 13.7. The standard InChI is InChI=1S/C22H24N4O3/c1-24-17-7-3-2-6-16(17)23-21(24)14-25-10-12-26(13-11-25)22(27)20-15-28-18-8-4-5-9-19(18)29-20/h2-9,20H,10-15H2,1H3/t20-/m0/s1. The van der Waals surface area contributed by atoms with Crippen LogP contribution < -0.4 is 9.47 Å². The molecule has 7 nitrogen and oxygen atoms in total. The van der Waals surface area contributed by atoms with Crippen LogP contribution in [0.15, 0.2) is 48.5 Å². The Kier molecular flexibility index (Phi) is 4.60. The van der Waals surface area contributed by atoms with Gasteiger partial charge in [0.05, 0.1) is 17.6 Å². The van der Waals surface area contributed by atoms with Crippen molar-refractivity contribution in [2.45, 2.75) is 12.6 Å². The number of carbonyl (C=O) groups is 1. The largest absolute Gasteiger partial charge is 0.485 e. The highest BCUT2D eigenvalue weighted by molar-refractivity contribution is 5.82. The molecule has 2 aromatic carbocycles. The Balaban J connectivity index is 1.19. The van der Waals surface area contributed by atoms with Gasteiger partial charge < -0.3 is 18.9 Å². The van der Waals surface area contributed by atoms with E-state index >= 15 is 0 Å². The van der Waals surface area contributed by atoms with Crippen molar-refractivity contribution in [3.63, 3.8) is 0 Å². The van der Waals surface area contributed by atoms with Crippen molar-refractivity contribution >= 4 is 16.9 Å². The normalized spacial score (nSPS) is 19.5. The first kappa shape index (κ1) is 18.0. The predicted molar refractivity (Wildman–Crippen MR) is 109 cm³/mol. The Hall–Kier alpha value is -3.06. The third kappa shape index (κ3) is 3.42. The second-order valence-corrected chi connectivity index (χ2v) is 7.54. The number of fused-ring (bicyclic) bond motifs is 2. The highest BCUT2D eigenvalue weighted by Gasteiger charge is 2.32. The van der Waals surface area contributed by atoms with Crippen LogP contribution in [0.25, 0.3) is 11.0 Å². The van der Waals surface area contributed by atoms with E-state index in [2.05, 4.69) is 22.6 Å². The Bertz CT molecular complexity index is 1040. The Morgan fingerprint density at radius 2 is 1.76 bits per heavy atom. The average molecular weight is 392 g/mol. The number of amides is 1. The molecule has 1 saturated heterocycles. The molecule has 1 amide bonds. The average Bonchev–Trinajstić information content (AvgIpc) is 3.09. The second kappa shape index (κ2) is 7.40. The minimum absolute atomic E-state index is 0.00174. The molecule has 0 saturated carbocycles.